The van der Waals surface area contributed by atoms with E-state index in [4.69, 9.17) is 5.26 Å². The Labute approximate surface area is 105 Å². The second kappa shape index (κ2) is 5.23. The number of nitrogens with one attached hydrogen (secondary N) is 1. The second-order valence-electron chi connectivity index (χ2n) is 4.94. The lowest BCUT2D eigenvalue weighted by Crippen LogP contribution is -2.29. The summed E-state index contributed by atoms with van der Waals surface area (Å²) < 4.78 is 3.82. The molecule has 1 aromatic rings. The third kappa shape index (κ3) is 3.49. The summed E-state index contributed by atoms with van der Waals surface area (Å²) in [7, 11) is 0. The summed E-state index contributed by atoms with van der Waals surface area (Å²) in [4.78, 5) is 12.4. The molecular formula is C11H16N4OS. The minimum Gasteiger partial charge on any atom is -0.350 e. The van der Waals surface area contributed by atoms with Crippen LogP contribution in [0.15, 0.2) is 0 Å². The predicted octanol–water partition coefficient (Wildman–Crippen LogP) is 1.73. The molecule has 0 fully saturated rings. The number of amides is 1. The van der Waals surface area contributed by atoms with Gasteiger partial charge in [0.05, 0.1) is 17.7 Å². The average molecular weight is 252 g/mol. The standard InChI is InChI=1S/C11H16N4OS/c1-7(5-12)6-13-10(16)8-9(11(2,3)4)14-15-17-8/h7H,6H2,1-4H3,(H,13,16). The fraction of sp³-hybridized carbons (Fsp3) is 0.636. The summed E-state index contributed by atoms with van der Waals surface area (Å²) in [5.74, 6) is -0.398. The van der Waals surface area contributed by atoms with Crippen LogP contribution < -0.4 is 5.32 Å². The third-order valence-electron chi connectivity index (χ3n) is 2.19. The Kier molecular flexibility index (Phi) is 4.18. The lowest BCUT2D eigenvalue weighted by Gasteiger charge is -2.16. The Hall–Kier alpha value is -1.48. The molecule has 1 heterocycles. The minimum absolute atomic E-state index is 0.196. The minimum atomic E-state index is -0.208. The number of aromatic nitrogens is 2. The van der Waals surface area contributed by atoms with E-state index >= 15 is 0 Å². The molecule has 0 aromatic carbocycles. The Bertz CT molecular complexity index is 441. The molecule has 0 aliphatic heterocycles. The molecule has 1 amide bonds. The van der Waals surface area contributed by atoms with E-state index in [0.717, 1.165) is 11.5 Å². The number of carbonyl (C=O) groups excluding carboxylic acids is 1. The van der Waals surface area contributed by atoms with Crippen LogP contribution in [0, 0.1) is 17.2 Å². The average Bonchev–Trinajstić information content (AvgIpc) is 2.73. The van der Waals surface area contributed by atoms with Gasteiger partial charge in [-0.3, -0.25) is 4.79 Å². The van der Waals surface area contributed by atoms with Crippen molar-refractivity contribution >= 4 is 17.4 Å². The Morgan fingerprint density at radius 1 is 1.59 bits per heavy atom. The highest BCUT2D eigenvalue weighted by Gasteiger charge is 2.26. The first-order valence-electron chi connectivity index (χ1n) is 5.37. The lowest BCUT2D eigenvalue weighted by atomic mass is 9.91. The quantitative estimate of drug-likeness (QED) is 0.888. The van der Waals surface area contributed by atoms with Crippen LogP contribution in [0.5, 0.6) is 0 Å². The highest BCUT2D eigenvalue weighted by Crippen LogP contribution is 2.25. The van der Waals surface area contributed by atoms with Gasteiger partial charge < -0.3 is 5.32 Å². The molecule has 1 atom stereocenters. The van der Waals surface area contributed by atoms with Crippen molar-refractivity contribution in [3.63, 3.8) is 0 Å². The van der Waals surface area contributed by atoms with Crippen molar-refractivity contribution in [2.45, 2.75) is 33.1 Å². The van der Waals surface area contributed by atoms with Crippen LogP contribution in [0.4, 0.5) is 0 Å². The largest absolute Gasteiger partial charge is 0.350 e. The molecule has 0 bridgehead atoms. The van der Waals surface area contributed by atoms with Crippen molar-refractivity contribution < 1.29 is 4.79 Å². The van der Waals surface area contributed by atoms with E-state index in [1.54, 1.807) is 6.92 Å². The smallest absolute Gasteiger partial charge is 0.265 e. The van der Waals surface area contributed by atoms with E-state index in [9.17, 15) is 4.79 Å². The second-order valence-corrected chi connectivity index (χ2v) is 5.69. The molecule has 1 N–H and O–H groups in total. The summed E-state index contributed by atoms with van der Waals surface area (Å²) in [6, 6.07) is 2.07. The van der Waals surface area contributed by atoms with E-state index in [1.807, 2.05) is 20.8 Å². The van der Waals surface area contributed by atoms with Gasteiger partial charge in [-0.15, -0.1) is 5.10 Å². The molecular weight excluding hydrogens is 236 g/mol. The Morgan fingerprint density at radius 2 is 2.24 bits per heavy atom. The van der Waals surface area contributed by atoms with Gasteiger partial charge in [0.2, 0.25) is 0 Å². The van der Waals surface area contributed by atoms with Crippen LogP contribution in [0.1, 0.15) is 43.1 Å². The number of nitrogens with zero attached hydrogens (tertiary/aromatic N) is 3. The molecule has 0 spiro atoms. The van der Waals surface area contributed by atoms with Gasteiger partial charge in [0, 0.05) is 12.0 Å². The van der Waals surface area contributed by atoms with Crippen molar-refractivity contribution in [3.8, 4) is 6.07 Å². The molecule has 5 nitrogen and oxygen atoms in total. The van der Waals surface area contributed by atoms with Crippen LogP contribution in [0.2, 0.25) is 0 Å². The molecule has 0 saturated heterocycles. The van der Waals surface area contributed by atoms with E-state index in [0.29, 0.717) is 17.1 Å². The Balaban J connectivity index is 2.78. The number of carbonyl (C=O) groups is 1. The van der Waals surface area contributed by atoms with Crippen LogP contribution in [-0.4, -0.2) is 22.0 Å². The zero-order valence-electron chi connectivity index (χ0n) is 10.4. The van der Waals surface area contributed by atoms with Crippen LogP contribution >= 0.6 is 11.5 Å². The molecule has 1 unspecified atom stereocenters. The van der Waals surface area contributed by atoms with E-state index in [2.05, 4.69) is 21.0 Å². The summed E-state index contributed by atoms with van der Waals surface area (Å²) in [6.45, 7) is 8.06. The zero-order chi connectivity index (χ0) is 13.1. The summed E-state index contributed by atoms with van der Waals surface area (Å²) >= 11 is 1.09. The van der Waals surface area contributed by atoms with Crippen molar-refractivity contribution in [2.75, 3.05) is 6.54 Å². The van der Waals surface area contributed by atoms with Gasteiger partial charge in [-0.1, -0.05) is 25.3 Å². The molecule has 0 aliphatic rings. The van der Waals surface area contributed by atoms with Crippen molar-refractivity contribution in [3.05, 3.63) is 10.6 Å². The third-order valence-corrected chi connectivity index (χ3v) is 2.92. The van der Waals surface area contributed by atoms with Gasteiger partial charge >= 0.3 is 0 Å². The normalized spacial score (nSPS) is 12.9. The van der Waals surface area contributed by atoms with Crippen molar-refractivity contribution in [1.82, 2.24) is 14.9 Å². The maximum atomic E-state index is 11.9. The first kappa shape index (κ1) is 13.6. The monoisotopic (exact) mass is 252 g/mol. The van der Waals surface area contributed by atoms with E-state index < -0.39 is 0 Å². The van der Waals surface area contributed by atoms with Crippen LogP contribution in [0.25, 0.3) is 0 Å². The number of rotatable bonds is 3. The maximum Gasteiger partial charge on any atom is 0.265 e. The molecule has 0 radical (unpaired) electrons. The van der Waals surface area contributed by atoms with Gasteiger partial charge in [0.1, 0.15) is 4.88 Å². The highest BCUT2D eigenvalue weighted by molar-refractivity contribution is 7.08. The first-order valence-corrected chi connectivity index (χ1v) is 6.14. The fourth-order valence-corrected chi connectivity index (χ4v) is 1.99. The number of hydrogen-bond donors (Lipinski definition) is 1. The molecule has 0 saturated carbocycles. The molecule has 1 rings (SSSR count). The van der Waals surface area contributed by atoms with E-state index in [-0.39, 0.29) is 17.2 Å². The van der Waals surface area contributed by atoms with Crippen molar-refractivity contribution in [2.24, 2.45) is 5.92 Å². The van der Waals surface area contributed by atoms with Gasteiger partial charge in [-0.2, -0.15) is 5.26 Å². The Morgan fingerprint density at radius 3 is 2.76 bits per heavy atom. The molecule has 6 heteroatoms. The highest BCUT2D eigenvalue weighted by atomic mass is 32.1. The molecule has 17 heavy (non-hydrogen) atoms. The molecule has 1 aromatic heterocycles. The molecule has 92 valence electrons. The summed E-state index contributed by atoms with van der Waals surface area (Å²) in [6.07, 6.45) is 0. The fourth-order valence-electron chi connectivity index (χ4n) is 1.20. The van der Waals surface area contributed by atoms with Gasteiger partial charge in [0.15, 0.2) is 0 Å². The van der Waals surface area contributed by atoms with E-state index in [1.165, 1.54) is 0 Å². The molecule has 0 aliphatic carbocycles. The first-order chi connectivity index (χ1) is 7.86. The number of nitriles is 1. The van der Waals surface area contributed by atoms with Gasteiger partial charge in [-0.05, 0) is 18.5 Å². The lowest BCUT2D eigenvalue weighted by molar-refractivity contribution is 0.0952. The number of hydrogen-bond acceptors (Lipinski definition) is 5. The van der Waals surface area contributed by atoms with Gasteiger partial charge in [0.25, 0.3) is 5.91 Å². The van der Waals surface area contributed by atoms with Crippen LogP contribution in [-0.2, 0) is 5.41 Å². The van der Waals surface area contributed by atoms with Gasteiger partial charge in [-0.25, -0.2) is 0 Å². The topological polar surface area (TPSA) is 78.7 Å². The maximum absolute atomic E-state index is 11.9. The summed E-state index contributed by atoms with van der Waals surface area (Å²) in [5.41, 5.74) is 0.491. The SMILES string of the molecule is CC(C#N)CNC(=O)c1snnc1C(C)(C)C. The van der Waals surface area contributed by atoms with Crippen molar-refractivity contribution in [1.29, 1.82) is 5.26 Å². The summed E-state index contributed by atoms with van der Waals surface area (Å²) in [5, 5.41) is 15.4. The zero-order valence-corrected chi connectivity index (χ0v) is 11.3. The van der Waals surface area contributed by atoms with Crippen LogP contribution in [0.3, 0.4) is 0 Å². The predicted molar refractivity (Wildman–Crippen MR) is 65.7 cm³/mol.